The van der Waals surface area contributed by atoms with Gasteiger partial charge in [0.2, 0.25) is 0 Å². The van der Waals surface area contributed by atoms with Crippen LogP contribution in [-0.2, 0) is 0 Å². The third-order valence-electron chi connectivity index (χ3n) is 1.76. The molecule has 0 nitrogen and oxygen atoms in total. The van der Waals surface area contributed by atoms with Crippen LogP contribution in [0, 0.1) is 0 Å². The van der Waals surface area contributed by atoms with Gasteiger partial charge in [-0.1, -0.05) is 27.5 Å². The predicted molar refractivity (Wildman–Crippen MR) is 72.1 cm³/mol. The first-order valence-electron chi connectivity index (χ1n) is 3.79. The fourth-order valence-corrected chi connectivity index (χ4v) is 4.60. The maximum Gasteiger partial charge on any atom is 0.0761 e. The topological polar surface area (TPSA) is 0 Å². The Morgan fingerprint density at radius 1 is 1.36 bits per heavy atom. The first kappa shape index (κ1) is 11.1. The highest BCUT2D eigenvalue weighted by Crippen LogP contribution is 2.40. The van der Waals surface area contributed by atoms with Gasteiger partial charge < -0.3 is 0 Å². The molecule has 0 N–H and O–H groups in total. The standard InChI is InChI=1S/C9H5Br2ClS2/c10-7-3-5(4-14-7)8(11)9-6(12)1-2-13-9/h1-4,8H. The normalized spacial score (nSPS) is 13.1. The van der Waals surface area contributed by atoms with E-state index in [2.05, 4.69) is 43.3 Å². The molecule has 2 aromatic heterocycles. The Bertz CT molecular complexity index is 435. The van der Waals surface area contributed by atoms with E-state index < -0.39 is 0 Å². The molecule has 0 saturated carbocycles. The van der Waals surface area contributed by atoms with Crippen molar-refractivity contribution in [2.24, 2.45) is 0 Å². The van der Waals surface area contributed by atoms with Gasteiger partial charge in [-0.2, -0.15) is 0 Å². The van der Waals surface area contributed by atoms with Crippen LogP contribution >= 0.6 is 66.1 Å². The quantitative estimate of drug-likeness (QED) is 0.592. The van der Waals surface area contributed by atoms with Crippen LogP contribution in [0.15, 0.2) is 26.7 Å². The van der Waals surface area contributed by atoms with Gasteiger partial charge in [0.05, 0.1) is 13.6 Å². The molecule has 74 valence electrons. The summed E-state index contributed by atoms with van der Waals surface area (Å²) in [5.41, 5.74) is 1.24. The molecular formula is C9H5Br2ClS2. The van der Waals surface area contributed by atoms with E-state index in [1.54, 1.807) is 22.7 Å². The van der Waals surface area contributed by atoms with Crippen LogP contribution in [0.5, 0.6) is 0 Å². The number of rotatable bonds is 2. The highest BCUT2D eigenvalue weighted by molar-refractivity contribution is 9.11. The molecule has 0 saturated heterocycles. The average Bonchev–Trinajstić information content (AvgIpc) is 2.73. The van der Waals surface area contributed by atoms with Crippen LogP contribution in [0.25, 0.3) is 0 Å². The molecule has 2 aromatic rings. The summed E-state index contributed by atoms with van der Waals surface area (Å²) in [6.45, 7) is 0. The first-order chi connectivity index (χ1) is 6.68. The van der Waals surface area contributed by atoms with Crippen molar-refractivity contribution in [3.8, 4) is 0 Å². The second-order valence-electron chi connectivity index (χ2n) is 2.68. The molecule has 0 fully saturated rings. The summed E-state index contributed by atoms with van der Waals surface area (Å²) < 4.78 is 1.14. The summed E-state index contributed by atoms with van der Waals surface area (Å²) in [5, 5.41) is 4.96. The number of hydrogen-bond donors (Lipinski definition) is 0. The summed E-state index contributed by atoms with van der Waals surface area (Å²) in [6.07, 6.45) is 0. The van der Waals surface area contributed by atoms with E-state index in [-0.39, 0.29) is 4.83 Å². The van der Waals surface area contributed by atoms with E-state index in [1.165, 1.54) is 5.56 Å². The van der Waals surface area contributed by atoms with Gasteiger partial charge in [-0.15, -0.1) is 22.7 Å². The molecule has 0 aliphatic heterocycles. The molecule has 2 rings (SSSR count). The third-order valence-corrected chi connectivity index (χ3v) is 5.99. The SMILES string of the molecule is Clc1ccsc1C(Br)c1csc(Br)c1. The van der Waals surface area contributed by atoms with Gasteiger partial charge in [0.25, 0.3) is 0 Å². The first-order valence-corrected chi connectivity index (χ1v) is 7.64. The summed E-state index contributed by atoms with van der Waals surface area (Å²) in [5.74, 6) is 0. The zero-order valence-corrected chi connectivity index (χ0v) is 12.4. The van der Waals surface area contributed by atoms with Crippen LogP contribution in [0.1, 0.15) is 15.3 Å². The fourth-order valence-electron chi connectivity index (χ4n) is 1.09. The van der Waals surface area contributed by atoms with Crippen molar-refractivity contribution < 1.29 is 0 Å². The maximum absolute atomic E-state index is 6.06. The highest BCUT2D eigenvalue weighted by Gasteiger charge is 2.16. The Balaban J connectivity index is 2.33. The van der Waals surface area contributed by atoms with E-state index in [1.807, 2.05) is 11.4 Å². The highest BCUT2D eigenvalue weighted by atomic mass is 79.9. The summed E-state index contributed by atoms with van der Waals surface area (Å²) >= 11 is 16.5. The van der Waals surface area contributed by atoms with Crippen LogP contribution < -0.4 is 0 Å². The summed E-state index contributed by atoms with van der Waals surface area (Å²) in [6, 6.07) is 4.04. The lowest BCUT2D eigenvalue weighted by Crippen LogP contribution is -1.86. The number of hydrogen-bond acceptors (Lipinski definition) is 2. The second kappa shape index (κ2) is 4.66. The van der Waals surface area contributed by atoms with Gasteiger partial charge in [0, 0.05) is 4.88 Å². The minimum Gasteiger partial charge on any atom is -0.146 e. The second-order valence-corrected chi connectivity index (χ2v) is 7.24. The zero-order valence-electron chi connectivity index (χ0n) is 6.84. The minimum atomic E-state index is 0.206. The Morgan fingerprint density at radius 3 is 2.64 bits per heavy atom. The lowest BCUT2D eigenvalue weighted by Gasteiger charge is -2.05. The van der Waals surface area contributed by atoms with Crippen LogP contribution in [0.2, 0.25) is 5.02 Å². The van der Waals surface area contributed by atoms with Gasteiger partial charge >= 0.3 is 0 Å². The lowest BCUT2D eigenvalue weighted by atomic mass is 10.2. The Hall–Kier alpha value is 0.650. The van der Waals surface area contributed by atoms with Gasteiger partial charge in [-0.3, -0.25) is 0 Å². The minimum absolute atomic E-state index is 0.206. The zero-order chi connectivity index (χ0) is 10.1. The smallest absolute Gasteiger partial charge is 0.0761 e. The predicted octanol–water partition coefficient (Wildman–Crippen LogP) is 5.71. The van der Waals surface area contributed by atoms with Crippen molar-refractivity contribution in [3.05, 3.63) is 42.1 Å². The number of thiophene rings is 2. The molecular weight excluding hydrogens is 367 g/mol. The van der Waals surface area contributed by atoms with Crippen molar-refractivity contribution in [1.29, 1.82) is 0 Å². The number of alkyl halides is 1. The van der Waals surface area contributed by atoms with E-state index in [9.17, 15) is 0 Å². The van der Waals surface area contributed by atoms with Gasteiger partial charge in [-0.25, -0.2) is 0 Å². The molecule has 5 heteroatoms. The van der Waals surface area contributed by atoms with E-state index in [4.69, 9.17) is 11.6 Å². The molecule has 0 bridgehead atoms. The van der Waals surface area contributed by atoms with E-state index >= 15 is 0 Å². The largest absolute Gasteiger partial charge is 0.146 e. The Labute approximate surface area is 112 Å². The molecule has 0 radical (unpaired) electrons. The van der Waals surface area contributed by atoms with Crippen LogP contribution in [0.3, 0.4) is 0 Å². The summed E-state index contributed by atoms with van der Waals surface area (Å²) in [4.78, 5) is 1.37. The Kier molecular flexibility index (Phi) is 3.71. The van der Waals surface area contributed by atoms with Gasteiger partial charge in [-0.05, 0) is 44.4 Å². The van der Waals surface area contributed by atoms with Crippen molar-refractivity contribution in [3.63, 3.8) is 0 Å². The maximum atomic E-state index is 6.06. The van der Waals surface area contributed by atoms with Crippen molar-refractivity contribution >= 4 is 66.1 Å². The van der Waals surface area contributed by atoms with E-state index in [0.29, 0.717) is 0 Å². The lowest BCUT2D eigenvalue weighted by molar-refractivity contribution is 1.25. The van der Waals surface area contributed by atoms with Crippen molar-refractivity contribution in [2.75, 3.05) is 0 Å². The number of halogens is 3. The fraction of sp³-hybridized carbons (Fsp3) is 0.111. The van der Waals surface area contributed by atoms with Crippen LogP contribution in [-0.4, -0.2) is 0 Å². The molecule has 2 heterocycles. The monoisotopic (exact) mass is 370 g/mol. The van der Waals surface area contributed by atoms with Gasteiger partial charge in [0.15, 0.2) is 0 Å². The van der Waals surface area contributed by atoms with Crippen molar-refractivity contribution in [1.82, 2.24) is 0 Å². The molecule has 0 aliphatic rings. The molecule has 0 amide bonds. The summed E-state index contributed by atoms with van der Waals surface area (Å²) in [7, 11) is 0. The van der Waals surface area contributed by atoms with E-state index in [0.717, 1.165) is 13.7 Å². The van der Waals surface area contributed by atoms with Crippen LogP contribution in [0.4, 0.5) is 0 Å². The Morgan fingerprint density at radius 2 is 2.14 bits per heavy atom. The third kappa shape index (κ3) is 2.25. The molecule has 0 spiro atoms. The van der Waals surface area contributed by atoms with Crippen molar-refractivity contribution in [2.45, 2.75) is 4.83 Å². The molecule has 1 atom stereocenters. The molecule has 1 unspecified atom stereocenters. The molecule has 0 aliphatic carbocycles. The van der Waals surface area contributed by atoms with Gasteiger partial charge in [0.1, 0.15) is 0 Å². The average molecular weight is 373 g/mol. The molecule has 0 aromatic carbocycles. The molecule has 14 heavy (non-hydrogen) atoms.